The first kappa shape index (κ1) is 21.9. The largest absolute Gasteiger partial charge is 0.297 e. The number of anilines is 1. The molecule has 160 valence electrons. The molecule has 0 bridgehead atoms. The molecule has 1 fully saturated rings. The van der Waals surface area contributed by atoms with E-state index in [1.165, 1.54) is 12.1 Å². The number of benzene rings is 2. The van der Waals surface area contributed by atoms with E-state index in [0.29, 0.717) is 17.3 Å². The Bertz CT molecular complexity index is 1090. The Morgan fingerprint density at radius 3 is 2.55 bits per heavy atom. The van der Waals surface area contributed by atoms with E-state index in [1.54, 1.807) is 35.4 Å². The van der Waals surface area contributed by atoms with Crippen molar-refractivity contribution in [3.05, 3.63) is 93.3 Å². The molecule has 1 amide bonds. The first-order valence-electron chi connectivity index (χ1n) is 9.98. The number of pyridine rings is 1. The Balaban J connectivity index is 1.67. The number of carbonyl (C=O) groups excluding carboxylic acids is 1. The molecule has 2 aromatic carbocycles. The van der Waals surface area contributed by atoms with Crippen LogP contribution >= 0.6 is 27.5 Å². The summed E-state index contributed by atoms with van der Waals surface area (Å²) < 4.78 is 14.3. The zero-order valence-electron chi connectivity index (χ0n) is 17.1. The van der Waals surface area contributed by atoms with E-state index in [1.807, 2.05) is 38.1 Å². The van der Waals surface area contributed by atoms with E-state index in [9.17, 15) is 9.18 Å². The minimum Gasteiger partial charge on any atom is -0.297 e. The van der Waals surface area contributed by atoms with Crippen LogP contribution in [0, 0.1) is 5.82 Å². The SMILES string of the molecule is CC(C)(NC1CC(c2cccc(Br)c2)N(c2ccc(Cl)cn2)C1=O)c1ccc(F)cc1. The molecule has 0 saturated carbocycles. The molecule has 1 aliphatic rings. The van der Waals surface area contributed by atoms with E-state index in [-0.39, 0.29) is 17.8 Å². The molecule has 0 aliphatic carbocycles. The van der Waals surface area contributed by atoms with Gasteiger partial charge in [0.1, 0.15) is 11.6 Å². The summed E-state index contributed by atoms with van der Waals surface area (Å²) in [5.74, 6) is 0.212. The highest BCUT2D eigenvalue weighted by Crippen LogP contribution is 2.38. The maximum absolute atomic E-state index is 13.5. The standard InChI is InChI=1S/C24H22BrClFN3O/c1-24(2,16-6-9-19(27)10-7-16)29-20-13-21(15-4-3-5-17(25)12-15)30(23(20)31)22-11-8-18(26)14-28-22/h3-12,14,20-21,29H,13H2,1-2H3. The molecule has 4 nitrogen and oxygen atoms in total. The van der Waals surface area contributed by atoms with Crippen molar-refractivity contribution in [3.8, 4) is 0 Å². The fourth-order valence-corrected chi connectivity index (χ4v) is 4.57. The smallest absolute Gasteiger partial charge is 0.245 e. The molecular weight excluding hydrogens is 481 g/mol. The molecule has 3 aromatic rings. The molecule has 1 aromatic heterocycles. The second-order valence-electron chi connectivity index (χ2n) is 8.18. The number of nitrogens with one attached hydrogen (secondary N) is 1. The summed E-state index contributed by atoms with van der Waals surface area (Å²) in [6.45, 7) is 3.98. The average molecular weight is 503 g/mol. The molecule has 1 saturated heterocycles. The predicted octanol–water partition coefficient (Wildman–Crippen LogP) is 6.01. The van der Waals surface area contributed by atoms with Gasteiger partial charge in [0.15, 0.2) is 0 Å². The van der Waals surface area contributed by atoms with Gasteiger partial charge in [0.05, 0.1) is 17.1 Å². The monoisotopic (exact) mass is 501 g/mol. The van der Waals surface area contributed by atoms with Gasteiger partial charge in [-0.2, -0.15) is 0 Å². The summed E-state index contributed by atoms with van der Waals surface area (Å²) in [4.78, 5) is 19.7. The Kier molecular flexibility index (Phi) is 6.15. The molecule has 0 radical (unpaired) electrons. The van der Waals surface area contributed by atoms with Crippen LogP contribution in [0.1, 0.15) is 37.4 Å². The lowest BCUT2D eigenvalue weighted by Gasteiger charge is -2.30. The highest BCUT2D eigenvalue weighted by Gasteiger charge is 2.43. The first-order valence-corrected chi connectivity index (χ1v) is 11.2. The van der Waals surface area contributed by atoms with Crippen LogP contribution < -0.4 is 10.2 Å². The van der Waals surface area contributed by atoms with Crippen molar-refractivity contribution < 1.29 is 9.18 Å². The normalized spacial score (nSPS) is 19.1. The van der Waals surface area contributed by atoms with Crippen LogP contribution in [0.2, 0.25) is 5.02 Å². The Morgan fingerprint density at radius 2 is 1.90 bits per heavy atom. The van der Waals surface area contributed by atoms with Crippen molar-refractivity contribution in [1.29, 1.82) is 0 Å². The third-order valence-corrected chi connectivity index (χ3v) is 6.32. The van der Waals surface area contributed by atoms with Crippen LogP contribution in [0.15, 0.2) is 71.3 Å². The molecule has 7 heteroatoms. The van der Waals surface area contributed by atoms with Gasteiger partial charge in [-0.15, -0.1) is 0 Å². The van der Waals surface area contributed by atoms with Crippen molar-refractivity contribution >= 4 is 39.3 Å². The Labute approximate surface area is 194 Å². The summed E-state index contributed by atoms with van der Waals surface area (Å²) >= 11 is 9.54. The topological polar surface area (TPSA) is 45.2 Å². The molecular formula is C24H22BrClFN3O. The van der Waals surface area contributed by atoms with E-state index in [0.717, 1.165) is 15.6 Å². The molecule has 2 atom stereocenters. The van der Waals surface area contributed by atoms with E-state index < -0.39 is 11.6 Å². The lowest BCUT2D eigenvalue weighted by atomic mass is 9.92. The van der Waals surface area contributed by atoms with Crippen molar-refractivity contribution in [2.75, 3.05) is 4.90 Å². The highest BCUT2D eigenvalue weighted by molar-refractivity contribution is 9.10. The predicted molar refractivity (Wildman–Crippen MR) is 125 cm³/mol. The minimum atomic E-state index is -0.528. The Hall–Kier alpha value is -2.28. The van der Waals surface area contributed by atoms with Crippen LogP contribution in [-0.2, 0) is 10.3 Å². The number of hydrogen-bond donors (Lipinski definition) is 1. The van der Waals surface area contributed by atoms with Crippen LogP contribution in [0.25, 0.3) is 0 Å². The second-order valence-corrected chi connectivity index (χ2v) is 9.53. The van der Waals surface area contributed by atoms with Gasteiger partial charge in [-0.05, 0) is 67.8 Å². The van der Waals surface area contributed by atoms with Gasteiger partial charge in [-0.3, -0.25) is 15.0 Å². The van der Waals surface area contributed by atoms with Gasteiger partial charge < -0.3 is 0 Å². The maximum atomic E-state index is 13.5. The molecule has 0 spiro atoms. The van der Waals surface area contributed by atoms with Gasteiger partial charge >= 0.3 is 0 Å². The van der Waals surface area contributed by atoms with Crippen LogP contribution in [-0.4, -0.2) is 16.9 Å². The number of halogens is 3. The van der Waals surface area contributed by atoms with Crippen molar-refractivity contribution in [1.82, 2.24) is 10.3 Å². The van der Waals surface area contributed by atoms with Crippen molar-refractivity contribution in [2.24, 2.45) is 0 Å². The second kappa shape index (κ2) is 8.69. The zero-order chi connectivity index (χ0) is 22.2. The van der Waals surface area contributed by atoms with E-state index in [4.69, 9.17) is 11.6 Å². The van der Waals surface area contributed by atoms with Crippen molar-refractivity contribution in [2.45, 2.75) is 37.9 Å². The minimum absolute atomic E-state index is 0.0602. The number of aromatic nitrogens is 1. The molecule has 1 N–H and O–H groups in total. The summed E-state index contributed by atoms with van der Waals surface area (Å²) in [7, 11) is 0. The van der Waals surface area contributed by atoms with Crippen LogP contribution in [0.3, 0.4) is 0 Å². The maximum Gasteiger partial charge on any atom is 0.245 e. The van der Waals surface area contributed by atoms with Gasteiger partial charge in [-0.25, -0.2) is 9.37 Å². The molecule has 2 heterocycles. The molecule has 31 heavy (non-hydrogen) atoms. The van der Waals surface area contributed by atoms with Crippen LogP contribution in [0.5, 0.6) is 0 Å². The number of amides is 1. The fraction of sp³-hybridized carbons (Fsp3) is 0.250. The molecule has 4 rings (SSSR count). The third-order valence-electron chi connectivity index (χ3n) is 5.60. The quantitative estimate of drug-likeness (QED) is 0.465. The first-order chi connectivity index (χ1) is 14.7. The average Bonchev–Trinajstić information content (AvgIpc) is 3.04. The van der Waals surface area contributed by atoms with Crippen LogP contribution in [0.4, 0.5) is 10.2 Å². The third kappa shape index (κ3) is 4.66. The van der Waals surface area contributed by atoms with E-state index >= 15 is 0 Å². The number of hydrogen-bond acceptors (Lipinski definition) is 3. The lowest BCUT2D eigenvalue weighted by molar-refractivity contribution is -0.119. The fourth-order valence-electron chi connectivity index (χ4n) is 4.04. The van der Waals surface area contributed by atoms with Crippen molar-refractivity contribution in [3.63, 3.8) is 0 Å². The van der Waals surface area contributed by atoms with Gasteiger partial charge in [0, 0.05) is 16.2 Å². The number of nitrogens with zero attached hydrogens (tertiary/aromatic N) is 2. The lowest BCUT2D eigenvalue weighted by Crippen LogP contribution is -2.47. The summed E-state index contributed by atoms with van der Waals surface area (Å²) in [6.07, 6.45) is 2.12. The molecule has 2 unspecified atom stereocenters. The van der Waals surface area contributed by atoms with Gasteiger partial charge in [0.25, 0.3) is 0 Å². The number of carbonyl (C=O) groups is 1. The van der Waals surface area contributed by atoms with Gasteiger partial charge in [-0.1, -0.05) is 51.8 Å². The van der Waals surface area contributed by atoms with Gasteiger partial charge in [0.2, 0.25) is 5.91 Å². The molecule has 1 aliphatic heterocycles. The summed E-state index contributed by atoms with van der Waals surface area (Å²) in [5.41, 5.74) is 1.39. The number of rotatable bonds is 5. The zero-order valence-corrected chi connectivity index (χ0v) is 19.5. The van der Waals surface area contributed by atoms with E-state index in [2.05, 4.69) is 26.2 Å². The summed E-state index contributed by atoms with van der Waals surface area (Å²) in [5, 5.41) is 4.00. The Morgan fingerprint density at radius 1 is 1.16 bits per heavy atom. The summed E-state index contributed by atoms with van der Waals surface area (Å²) in [6, 6.07) is 17.2. The highest BCUT2D eigenvalue weighted by atomic mass is 79.9.